The highest BCUT2D eigenvalue weighted by molar-refractivity contribution is 7.14. The molecule has 4 nitrogen and oxygen atoms in total. The largest absolute Gasteiger partial charge is 0.460 e. The van der Waals surface area contributed by atoms with E-state index in [9.17, 15) is 0 Å². The van der Waals surface area contributed by atoms with Gasteiger partial charge in [-0.25, -0.2) is 4.68 Å². The normalized spacial score (nSPS) is 12.8. The number of thiophene rings is 1. The lowest BCUT2D eigenvalue weighted by Crippen LogP contribution is -2.14. The van der Waals surface area contributed by atoms with Gasteiger partial charge in [-0.05, 0) is 44.4 Å². The van der Waals surface area contributed by atoms with Crippen molar-refractivity contribution < 1.29 is 4.42 Å². The molecule has 3 aromatic rings. The minimum atomic E-state index is 0.596. The van der Waals surface area contributed by atoms with Crippen molar-refractivity contribution in [2.24, 2.45) is 10.1 Å². The predicted molar refractivity (Wildman–Crippen MR) is 102 cm³/mol. The number of aromatic nitrogens is 1. The Balaban J connectivity index is 2.11. The molecule has 0 amide bonds. The van der Waals surface area contributed by atoms with Crippen LogP contribution in [0.25, 0.3) is 10.6 Å². The number of hydrogen-bond donors (Lipinski definition) is 0. The summed E-state index contributed by atoms with van der Waals surface area (Å²) in [6, 6.07) is 8.02. The Kier molecular flexibility index (Phi) is 4.97. The molecule has 124 valence electrons. The van der Waals surface area contributed by atoms with Crippen LogP contribution in [0.15, 0.2) is 61.7 Å². The van der Waals surface area contributed by atoms with Gasteiger partial charge in [-0.3, -0.25) is 4.99 Å². The van der Waals surface area contributed by atoms with E-state index >= 15 is 0 Å². The number of hydrogen-bond acceptors (Lipinski definition) is 5. The van der Waals surface area contributed by atoms with Gasteiger partial charge >= 0.3 is 0 Å². The molecule has 0 aliphatic rings. The smallest absolute Gasteiger partial charge is 0.206 e. The maximum atomic E-state index is 5.68. The van der Waals surface area contributed by atoms with Crippen LogP contribution >= 0.6 is 22.7 Å². The fourth-order valence-electron chi connectivity index (χ4n) is 2.13. The van der Waals surface area contributed by atoms with Crippen LogP contribution in [0.1, 0.15) is 25.4 Å². The molecule has 0 saturated heterocycles. The quantitative estimate of drug-likeness (QED) is 0.472. The van der Waals surface area contributed by atoms with Crippen molar-refractivity contribution in [3.8, 4) is 10.6 Å². The molecule has 0 aliphatic heterocycles. The zero-order chi connectivity index (χ0) is 17.1. The summed E-state index contributed by atoms with van der Waals surface area (Å²) in [5.41, 5.74) is 2.88. The molecular formula is C18H19N3OS2. The second kappa shape index (κ2) is 7.15. The second-order valence-corrected chi connectivity index (χ2v) is 7.35. The Hall–Kier alpha value is -2.18. The van der Waals surface area contributed by atoms with Crippen LogP contribution < -0.4 is 4.80 Å². The van der Waals surface area contributed by atoms with Crippen LogP contribution in [0.3, 0.4) is 0 Å². The molecule has 0 bridgehead atoms. The van der Waals surface area contributed by atoms with Crippen LogP contribution in [0.5, 0.6) is 0 Å². The Morgan fingerprint density at radius 3 is 2.71 bits per heavy atom. The molecule has 0 aromatic carbocycles. The lowest BCUT2D eigenvalue weighted by molar-refractivity contribution is 0.524. The number of thiazole rings is 1. The van der Waals surface area contributed by atoms with Gasteiger partial charge in [0.2, 0.25) is 4.80 Å². The molecule has 0 atom stereocenters. The first-order valence-electron chi connectivity index (χ1n) is 7.56. The molecule has 24 heavy (non-hydrogen) atoms. The van der Waals surface area contributed by atoms with Crippen LogP contribution in [0.4, 0.5) is 0 Å². The minimum absolute atomic E-state index is 0.596. The van der Waals surface area contributed by atoms with Gasteiger partial charge in [-0.2, -0.15) is 5.10 Å². The molecule has 0 saturated carbocycles. The third-order valence-corrected chi connectivity index (χ3v) is 5.04. The summed E-state index contributed by atoms with van der Waals surface area (Å²) in [6.07, 6.45) is 0. The van der Waals surface area contributed by atoms with E-state index in [4.69, 9.17) is 9.52 Å². The molecule has 0 aliphatic carbocycles. The molecular weight excluding hydrogens is 338 g/mol. The first-order chi connectivity index (χ1) is 11.5. The molecule has 3 aromatic heterocycles. The lowest BCUT2D eigenvalue weighted by Gasteiger charge is -2.03. The van der Waals surface area contributed by atoms with Crippen LogP contribution in [-0.4, -0.2) is 16.9 Å². The summed E-state index contributed by atoms with van der Waals surface area (Å²) >= 11 is 3.27. The number of nitrogens with zero attached hydrogens (tertiary/aromatic N) is 3. The van der Waals surface area contributed by atoms with Crippen LogP contribution in [-0.2, 0) is 0 Å². The number of furan rings is 1. The van der Waals surface area contributed by atoms with Gasteiger partial charge < -0.3 is 4.42 Å². The fraction of sp³-hybridized carbons (Fsp3) is 0.222. The summed E-state index contributed by atoms with van der Waals surface area (Å²) in [5.74, 6) is 1.65. The Labute approximate surface area is 149 Å². The van der Waals surface area contributed by atoms with Gasteiger partial charge in [0.05, 0.1) is 17.1 Å². The van der Waals surface area contributed by atoms with Crippen molar-refractivity contribution in [3.63, 3.8) is 0 Å². The summed E-state index contributed by atoms with van der Waals surface area (Å²) in [7, 11) is 0. The van der Waals surface area contributed by atoms with Gasteiger partial charge in [-0.1, -0.05) is 18.2 Å². The third kappa shape index (κ3) is 3.66. The van der Waals surface area contributed by atoms with E-state index < -0.39 is 0 Å². The number of aryl methyl sites for hydroxylation is 1. The van der Waals surface area contributed by atoms with E-state index in [2.05, 4.69) is 28.4 Å². The zero-order valence-electron chi connectivity index (χ0n) is 13.9. The van der Waals surface area contributed by atoms with Crippen molar-refractivity contribution in [1.29, 1.82) is 0 Å². The Morgan fingerprint density at radius 1 is 1.25 bits per heavy atom. The molecule has 0 N–H and O–H groups in total. The van der Waals surface area contributed by atoms with E-state index in [1.54, 1.807) is 22.7 Å². The lowest BCUT2D eigenvalue weighted by atomic mass is 10.3. The SMILES string of the molecule is C=C(C)CN=c1scc(-c2cccs2)n1N=C(C)c1ccc(C)o1. The first-order valence-corrected chi connectivity index (χ1v) is 9.32. The van der Waals surface area contributed by atoms with E-state index in [1.807, 2.05) is 43.6 Å². The summed E-state index contributed by atoms with van der Waals surface area (Å²) in [5, 5.41) is 8.92. The van der Waals surface area contributed by atoms with E-state index in [1.165, 1.54) is 0 Å². The van der Waals surface area contributed by atoms with Gasteiger partial charge in [0, 0.05) is 5.38 Å². The van der Waals surface area contributed by atoms with E-state index in [-0.39, 0.29) is 0 Å². The molecule has 0 unspecified atom stereocenters. The van der Waals surface area contributed by atoms with Crippen molar-refractivity contribution in [2.75, 3.05) is 6.54 Å². The fourth-order valence-corrected chi connectivity index (χ4v) is 3.75. The predicted octanol–water partition coefficient (Wildman–Crippen LogP) is 4.93. The topological polar surface area (TPSA) is 42.8 Å². The molecule has 6 heteroatoms. The Bertz CT molecular complexity index is 939. The second-order valence-electron chi connectivity index (χ2n) is 5.56. The standard InChI is InChI=1S/C18H19N3OS2/c1-12(2)10-19-18-21(15(11-24-18)17-6-5-9-23-17)20-14(4)16-8-7-13(3)22-16/h5-9,11H,1,10H2,2-4H3. The highest BCUT2D eigenvalue weighted by Crippen LogP contribution is 2.25. The van der Waals surface area contributed by atoms with Crippen LogP contribution in [0, 0.1) is 6.92 Å². The average molecular weight is 358 g/mol. The van der Waals surface area contributed by atoms with Gasteiger partial charge in [0.25, 0.3) is 0 Å². The molecule has 0 spiro atoms. The third-order valence-electron chi connectivity index (χ3n) is 3.29. The van der Waals surface area contributed by atoms with Gasteiger partial charge in [0.1, 0.15) is 17.2 Å². The van der Waals surface area contributed by atoms with Crippen molar-refractivity contribution in [3.05, 3.63) is 63.5 Å². The Morgan fingerprint density at radius 2 is 2.08 bits per heavy atom. The average Bonchev–Trinajstić information content (AvgIpc) is 3.25. The maximum absolute atomic E-state index is 5.68. The van der Waals surface area contributed by atoms with Crippen molar-refractivity contribution in [1.82, 2.24) is 4.68 Å². The van der Waals surface area contributed by atoms with Gasteiger partial charge in [0.15, 0.2) is 0 Å². The van der Waals surface area contributed by atoms with Crippen molar-refractivity contribution in [2.45, 2.75) is 20.8 Å². The van der Waals surface area contributed by atoms with Gasteiger partial charge in [-0.15, -0.1) is 22.7 Å². The maximum Gasteiger partial charge on any atom is 0.206 e. The summed E-state index contributed by atoms with van der Waals surface area (Å²) in [4.78, 5) is 6.65. The number of rotatable bonds is 5. The summed E-state index contributed by atoms with van der Waals surface area (Å²) in [6.45, 7) is 10.4. The molecule has 0 fully saturated rings. The molecule has 0 radical (unpaired) electrons. The highest BCUT2D eigenvalue weighted by Gasteiger charge is 2.10. The zero-order valence-corrected chi connectivity index (χ0v) is 15.6. The summed E-state index contributed by atoms with van der Waals surface area (Å²) < 4.78 is 7.58. The van der Waals surface area contributed by atoms with E-state index in [0.29, 0.717) is 6.54 Å². The minimum Gasteiger partial charge on any atom is -0.460 e. The van der Waals surface area contributed by atoms with E-state index in [0.717, 1.165) is 38.2 Å². The van der Waals surface area contributed by atoms with Crippen LogP contribution in [0.2, 0.25) is 0 Å². The highest BCUT2D eigenvalue weighted by atomic mass is 32.1. The monoisotopic (exact) mass is 357 g/mol. The van der Waals surface area contributed by atoms with Crippen molar-refractivity contribution >= 4 is 28.4 Å². The molecule has 3 rings (SSSR count). The molecule has 3 heterocycles. The first kappa shape index (κ1) is 16.7.